The van der Waals surface area contributed by atoms with E-state index in [0.29, 0.717) is 22.6 Å². The molecule has 0 unspecified atom stereocenters. The first kappa shape index (κ1) is 23.5. The minimum Gasteiger partial charge on any atom is -0.496 e. The van der Waals surface area contributed by atoms with E-state index in [1.807, 2.05) is 42.5 Å². The molecule has 3 aromatic rings. The summed E-state index contributed by atoms with van der Waals surface area (Å²) in [6, 6.07) is 21.1. The van der Waals surface area contributed by atoms with Gasteiger partial charge in [0.2, 0.25) is 10.0 Å². The van der Waals surface area contributed by atoms with Crippen molar-refractivity contribution in [2.45, 2.75) is 6.54 Å². The highest BCUT2D eigenvalue weighted by molar-refractivity contribution is 9.10. The lowest BCUT2D eigenvalue weighted by atomic mass is 10.2. The highest BCUT2D eigenvalue weighted by Crippen LogP contribution is 2.22. The van der Waals surface area contributed by atoms with Crippen LogP contribution in [0.2, 0.25) is 0 Å². The first-order valence-electron chi connectivity index (χ1n) is 9.56. The van der Waals surface area contributed by atoms with Crippen LogP contribution in [0.4, 0.5) is 5.69 Å². The van der Waals surface area contributed by atoms with Gasteiger partial charge in [-0.15, -0.1) is 0 Å². The molecule has 0 heterocycles. The Bertz CT molecular complexity index is 1210. The quantitative estimate of drug-likeness (QED) is 0.359. The molecule has 0 saturated heterocycles. The van der Waals surface area contributed by atoms with Crippen LogP contribution in [-0.2, 0) is 16.6 Å². The van der Waals surface area contributed by atoms with E-state index in [4.69, 9.17) is 4.74 Å². The second kappa shape index (κ2) is 10.4. The molecular weight excluding hydrogens is 494 g/mol. The molecule has 166 valence electrons. The van der Waals surface area contributed by atoms with Gasteiger partial charge in [-0.05, 0) is 48.0 Å². The Kier molecular flexibility index (Phi) is 7.66. The van der Waals surface area contributed by atoms with E-state index in [9.17, 15) is 13.2 Å². The molecule has 0 aliphatic carbocycles. The number of rotatable bonds is 8. The summed E-state index contributed by atoms with van der Waals surface area (Å²) >= 11 is 3.38. The zero-order valence-electron chi connectivity index (χ0n) is 17.5. The largest absolute Gasteiger partial charge is 0.496 e. The number of methoxy groups -OCH3 is 1. The van der Waals surface area contributed by atoms with Crippen LogP contribution >= 0.6 is 15.9 Å². The maximum atomic E-state index is 12.4. The van der Waals surface area contributed by atoms with Crippen LogP contribution < -0.4 is 14.5 Å². The number of hydrogen-bond donors (Lipinski definition) is 1. The Morgan fingerprint density at radius 2 is 1.78 bits per heavy atom. The third kappa shape index (κ3) is 6.18. The summed E-state index contributed by atoms with van der Waals surface area (Å²) < 4.78 is 32.1. The van der Waals surface area contributed by atoms with Crippen LogP contribution in [0.1, 0.15) is 21.5 Å². The Morgan fingerprint density at radius 3 is 2.41 bits per heavy atom. The van der Waals surface area contributed by atoms with Crippen LogP contribution in [-0.4, -0.2) is 33.9 Å². The van der Waals surface area contributed by atoms with E-state index in [2.05, 4.69) is 26.5 Å². The fourth-order valence-electron chi connectivity index (χ4n) is 2.96. The molecule has 9 heteroatoms. The van der Waals surface area contributed by atoms with Crippen LogP contribution in [0.3, 0.4) is 0 Å². The Balaban J connectivity index is 1.72. The number of carbonyl (C=O) groups is 1. The Labute approximate surface area is 195 Å². The zero-order valence-corrected chi connectivity index (χ0v) is 19.9. The Morgan fingerprint density at radius 1 is 1.09 bits per heavy atom. The molecule has 3 rings (SSSR count). The maximum Gasteiger partial charge on any atom is 0.271 e. The predicted octanol–water partition coefficient (Wildman–Crippen LogP) is 4.19. The molecule has 0 atom stereocenters. The third-order valence-electron chi connectivity index (χ3n) is 4.55. The smallest absolute Gasteiger partial charge is 0.271 e. The fourth-order valence-corrected chi connectivity index (χ4v) is 4.23. The van der Waals surface area contributed by atoms with E-state index in [1.165, 1.54) is 10.5 Å². The molecule has 0 aliphatic rings. The molecule has 0 fully saturated rings. The van der Waals surface area contributed by atoms with Crippen LogP contribution in [0.15, 0.2) is 82.4 Å². The molecule has 0 bridgehead atoms. The average Bonchev–Trinajstić information content (AvgIpc) is 2.78. The van der Waals surface area contributed by atoms with Crippen molar-refractivity contribution in [3.8, 4) is 5.75 Å². The van der Waals surface area contributed by atoms with E-state index in [0.717, 1.165) is 16.3 Å². The summed E-state index contributed by atoms with van der Waals surface area (Å²) in [4.78, 5) is 12.4. The lowest BCUT2D eigenvalue weighted by molar-refractivity contribution is 0.0955. The van der Waals surface area contributed by atoms with E-state index in [-0.39, 0.29) is 6.54 Å². The molecule has 7 nitrogen and oxygen atoms in total. The Hall–Kier alpha value is -3.17. The molecule has 0 saturated carbocycles. The van der Waals surface area contributed by atoms with E-state index >= 15 is 0 Å². The molecule has 1 N–H and O–H groups in total. The number of ether oxygens (including phenoxy) is 1. The number of sulfonamides is 1. The van der Waals surface area contributed by atoms with Crippen molar-refractivity contribution in [1.82, 2.24) is 5.43 Å². The molecular formula is C23H22BrN3O4S. The van der Waals surface area contributed by atoms with Gasteiger partial charge in [-0.3, -0.25) is 9.10 Å². The van der Waals surface area contributed by atoms with Crippen molar-refractivity contribution >= 4 is 43.8 Å². The van der Waals surface area contributed by atoms with Crippen LogP contribution in [0, 0.1) is 0 Å². The van der Waals surface area contributed by atoms with Gasteiger partial charge in [0, 0.05) is 15.6 Å². The summed E-state index contributed by atoms with van der Waals surface area (Å²) in [6.07, 6.45) is 2.64. The van der Waals surface area contributed by atoms with Crippen molar-refractivity contribution in [1.29, 1.82) is 0 Å². The van der Waals surface area contributed by atoms with Gasteiger partial charge in [0.25, 0.3) is 5.91 Å². The van der Waals surface area contributed by atoms with Gasteiger partial charge in [0.15, 0.2) is 0 Å². The van der Waals surface area contributed by atoms with Crippen molar-refractivity contribution in [2.75, 3.05) is 17.7 Å². The fraction of sp³-hybridized carbons (Fsp3) is 0.130. The number of nitrogens with one attached hydrogen (secondary N) is 1. The second-order valence-corrected chi connectivity index (χ2v) is 9.71. The summed E-state index contributed by atoms with van der Waals surface area (Å²) in [5.74, 6) is 0.200. The summed E-state index contributed by atoms with van der Waals surface area (Å²) in [6.45, 7) is 0.198. The lowest BCUT2D eigenvalue weighted by Gasteiger charge is -2.22. The van der Waals surface area contributed by atoms with Gasteiger partial charge in [-0.1, -0.05) is 46.3 Å². The van der Waals surface area contributed by atoms with Crippen molar-refractivity contribution in [2.24, 2.45) is 5.10 Å². The van der Waals surface area contributed by atoms with Gasteiger partial charge >= 0.3 is 0 Å². The van der Waals surface area contributed by atoms with Crippen LogP contribution in [0.25, 0.3) is 0 Å². The number of carbonyl (C=O) groups excluding carboxylic acids is 1. The van der Waals surface area contributed by atoms with Crippen molar-refractivity contribution in [3.63, 3.8) is 0 Å². The number of amides is 1. The molecule has 3 aromatic carbocycles. The van der Waals surface area contributed by atoms with Gasteiger partial charge in [-0.2, -0.15) is 5.10 Å². The lowest BCUT2D eigenvalue weighted by Crippen LogP contribution is -2.29. The number of benzene rings is 3. The maximum absolute atomic E-state index is 12.4. The minimum absolute atomic E-state index is 0.198. The number of halogens is 1. The molecule has 0 aliphatic heterocycles. The van der Waals surface area contributed by atoms with Crippen molar-refractivity contribution in [3.05, 3.63) is 94.0 Å². The highest BCUT2D eigenvalue weighted by Gasteiger charge is 2.18. The summed E-state index contributed by atoms with van der Waals surface area (Å²) in [5, 5.41) is 3.99. The first-order valence-corrected chi connectivity index (χ1v) is 12.2. The SMILES string of the molecule is COc1ccc(Br)cc1/C=N\NC(=O)c1ccc(N(Cc2ccccc2)S(C)(=O)=O)cc1. The first-order chi connectivity index (χ1) is 15.3. The summed E-state index contributed by atoms with van der Waals surface area (Å²) in [5.41, 5.74) is 4.83. The number of anilines is 1. The van der Waals surface area contributed by atoms with E-state index < -0.39 is 15.9 Å². The molecule has 32 heavy (non-hydrogen) atoms. The number of hydrazone groups is 1. The van der Waals surface area contributed by atoms with Gasteiger partial charge in [-0.25, -0.2) is 13.8 Å². The standard InChI is InChI=1S/C23H22BrN3O4S/c1-31-22-13-10-20(24)14-19(22)15-25-26-23(28)18-8-11-21(12-9-18)27(32(2,29)30)16-17-6-4-3-5-7-17/h3-15H,16H2,1-2H3,(H,26,28)/b25-15-. The topological polar surface area (TPSA) is 88.1 Å². The highest BCUT2D eigenvalue weighted by atomic mass is 79.9. The second-order valence-electron chi connectivity index (χ2n) is 6.89. The van der Waals surface area contributed by atoms with Gasteiger partial charge < -0.3 is 4.74 Å². The third-order valence-corrected chi connectivity index (χ3v) is 6.18. The molecule has 0 spiro atoms. The van der Waals surface area contributed by atoms with Gasteiger partial charge in [0.05, 0.1) is 31.8 Å². The summed E-state index contributed by atoms with van der Waals surface area (Å²) in [7, 11) is -1.96. The van der Waals surface area contributed by atoms with Crippen LogP contribution in [0.5, 0.6) is 5.75 Å². The predicted molar refractivity (Wildman–Crippen MR) is 130 cm³/mol. The van der Waals surface area contributed by atoms with Gasteiger partial charge in [0.1, 0.15) is 5.75 Å². The normalized spacial score (nSPS) is 11.3. The number of hydrogen-bond acceptors (Lipinski definition) is 5. The number of nitrogens with zero attached hydrogens (tertiary/aromatic N) is 2. The average molecular weight is 516 g/mol. The van der Waals surface area contributed by atoms with E-state index in [1.54, 1.807) is 37.4 Å². The molecule has 0 radical (unpaired) electrons. The molecule has 0 aromatic heterocycles. The minimum atomic E-state index is -3.51. The van der Waals surface area contributed by atoms with Crippen molar-refractivity contribution < 1.29 is 17.9 Å². The zero-order chi connectivity index (χ0) is 23.1. The monoisotopic (exact) mass is 515 g/mol. The molecule has 1 amide bonds.